The summed E-state index contributed by atoms with van der Waals surface area (Å²) in [7, 11) is -3.75. The predicted octanol–water partition coefficient (Wildman–Crippen LogP) is 6.05. The van der Waals surface area contributed by atoms with Gasteiger partial charge >= 0.3 is 0 Å². The average Bonchev–Trinajstić information content (AvgIpc) is 3.45. The maximum atomic E-state index is 13.2. The quantitative estimate of drug-likeness (QED) is 0.237. The Balaban J connectivity index is 1.20. The van der Waals surface area contributed by atoms with Gasteiger partial charge in [0.2, 0.25) is 21.4 Å². The number of hydrogen-bond acceptors (Lipinski definition) is 10. The van der Waals surface area contributed by atoms with E-state index in [0.29, 0.717) is 46.0 Å². The lowest BCUT2D eigenvalue weighted by Crippen LogP contribution is -2.01. The Kier molecular flexibility index (Phi) is 5.96. The van der Waals surface area contributed by atoms with E-state index in [-0.39, 0.29) is 9.79 Å². The molecule has 4 heterocycles. The maximum absolute atomic E-state index is 13.2. The Hall–Kier alpha value is -5.17. The molecule has 0 spiro atoms. The van der Waals surface area contributed by atoms with Crippen LogP contribution in [0.4, 0.5) is 23.0 Å². The van der Waals surface area contributed by atoms with Gasteiger partial charge in [-0.15, -0.1) is 20.5 Å². The number of nitrogens with zero attached hydrogens (tertiary/aromatic N) is 10. The smallest absolute Gasteiger partial charge is 0.235 e. The minimum atomic E-state index is -3.75. The van der Waals surface area contributed by atoms with E-state index in [1.807, 2.05) is 13.8 Å². The summed E-state index contributed by atoms with van der Waals surface area (Å²) in [5.74, 6) is 2.17. The van der Waals surface area contributed by atoms with E-state index >= 15 is 0 Å². The SMILES string of the molecule is Cc1nc2ncccn2c1N=Nc1ccc(S(=O)(=O)c2ccc(N=Nc3c(C)nc4ncccn34)cc2)cc1. The Morgan fingerprint density at radius 1 is 0.615 bits per heavy atom. The second-order valence-electron chi connectivity index (χ2n) is 8.51. The molecule has 2 aromatic carbocycles. The summed E-state index contributed by atoms with van der Waals surface area (Å²) in [6.45, 7) is 3.65. The minimum Gasteiger partial charge on any atom is -0.267 e. The monoisotopic (exact) mass is 536 g/mol. The number of fused-ring (bicyclic) bond motifs is 2. The standard InChI is InChI=1S/C26H20N10O2S/c1-17-23(35-15-3-13-27-25(35)29-17)33-31-19-5-9-21(10-6-19)39(37,38)22-11-7-20(8-12-22)32-34-24-18(2)30-26-28-14-4-16-36(24)26/h3-16H,1-2H3. The van der Waals surface area contributed by atoms with Gasteiger partial charge in [-0.2, -0.15) is 0 Å². The summed E-state index contributed by atoms with van der Waals surface area (Å²) < 4.78 is 29.8. The molecule has 0 aliphatic carbocycles. The van der Waals surface area contributed by atoms with Crippen LogP contribution in [-0.4, -0.2) is 37.2 Å². The van der Waals surface area contributed by atoms with E-state index in [0.717, 1.165) is 0 Å². The van der Waals surface area contributed by atoms with Gasteiger partial charge in [0.1, 0.15) is 0 Å². The third-order valence-electron chi connectivity index (χ3n) is 5.91. The number of aromatic nitrogens is 6. The third-order valence-corrected chi connectivity index (χ3v) is 7.69. The zero-order chi connectivity index (χ0) is 27.0. The molecular formula is C26H20N10O2S. The molecular weight excluding hydrogens is 516 g/mol. The highest BCUT2D eigenvalue weighted by molar-refractivity contribution is 7.91. The van der Waals surface area contributed by atoms with Crippen LogP contribution in [0.1, 0.15) is 11.4 Å². The number of aryl methyl sites for hydroxylation is 2. The molecule has 4 aromatic heterocycles. The summed E-state index contributed by atoms with van der Waals surface area (Å²) in [5.41, 5.74) is 2.37. The normalized spacial score (nSPS) is 12.4. The fourth-order valence-corrected chi connectivity index (χ4v) is 5.20. The number of benzene rings is 2. The van der Waals surface area contributed by atoms with Crippen LogP contribution in [-0.2, 0) is 9.84 Å². The number of imidazole rings is 2. The van der Waals surface area contributed by atoms with Gasteiger partial charge in [-0.1, -0.05) is 0 Å². The van der Waals surface area contributed by atoms with Gasteiger partial charge in [0.25, 0.3) is 0 Å². The third kappa shape index (κ3) is 4.55. The lowest BCUT2D eigenvalue weighted by atomic mass is 10.3. The largest absolute Gasteiger partial charge is 0.267 e. The van der Waals surface area contributed by atoms with Crippen LogP contribution in [0.15, 0.2) is 116 Å². The van der Waals surface area contributed by atoms with E-state index in [4.69, 9.17) is 0 Å². The van der Waals surface area contributed by atoms with Crippen molar-refractivity contribution in [1.82, 2.24) is 28.7 Å². The molecule has 39 heavy (non-hydrogen) atoms. The van der Waals surface area contributed by atoms with Gasteiger partial charge in [0.05, 0.1) is 32.6 Å². The molecule has 13 heteroatoms. The van der Waals surface area contributed by atoms with E-state index < -0.39 is 9.84 Å². The summed E-state index contributed by atoms with van der Waals surface area (Å²) in [6, 6.07) is 16.0. The second-order valence-corrected chi connectivity index (χ2v) is 10.5. The van der Waals surface area contributed by atoms with E-state index in [9.17, 15) is 8.42 Å². The Morgan fingerprint density at radius 3 is 1.44 bits per heavy atom. The molecule has 0 saturated carbocycles. The highest BCUT2D eigenvalue weighted by Gasteiger charge is 2.18. The molecule has 192 valence electrons. The lowest BCUT2D eigenvalue weighted by Gasteiger charge is -2.05. The van der Waals surface area contributed by atoms with Crippen molar-refractivity contribution >= 4 is 44.4 Å². The van der Waals surface area contributed by atoms with E-state index in [1.165, 1.54) is 24.3 Å². The molecule has 0 N–H and O–H groups in total. The molecule has 0 aliphatic heterocycles. The molecule has 0 fully saturated rings. The molecule has 0 unspecified atom stereocenters. The van der Waals surface area contributed by atoms with Crippen molar-refractivity contribution < 1.29 is 8.42 Å². The molecule has 12 nitrogen and oxygen atoms in total. The first kappa shape index (κ1) is 24.2. The zero-order valence-electron chi connectivity index (χ0n) is 20.8. The highest BCUT2D eigenvalue weighted by atomic mass is 32.2. The number of hydrogen-bond donors (Lipinski definition) is 0. The molecule has 0 atom stereocenters. The first-order valence-electron chi connectivity index (χ1n) is 11.8. The number of azo groups is 2. The molecule has 6 aromatic rings. The molecule has 0 radical (unpaired) electrons. The molecule has 0 bridgehead atoms. The highest BCUT2D eigenvalue weighted by Crippen LogP contribution is 2.28. The van der Waals surface area contributed by atoms with Gasteiger partial charge in [-0.3, -0.25) is 8.80 Å². The van der Waals surface area contributed by atoms with Gasteiger partial charge < -0.3 is 0 Å². The molecule has 6 rings (SSSR count). The Morgan fingerprint density at radius 2 is 1.03 bits per heavy atom. The fraction of sp³-hybridized carbons (Fsp3) is 0.0769. The van der Waals surface area contributed by atoms with E-state index in [2.05, 4.69) is 40.4 Å². The van der Waals surface area contributed by atoms with Gasteiger partial charge in [0.15, 0.2) is 11.6 Å². The first-order valence-corrected chi connectivity index (χ1v) is 13.3. The van der Waals surface area contributed by atoms with Crippen LogP contribution in [0.5, 0.6) is 0 Å². The van der Waals surface area contributed by atoms with Crippen molar-refractivity contribution in [3.63, 3.8) is 0 Å². The topological polar surface area (TPSA) is 144 Å². The predicted molar refractivity (Wildman–Crippen MR) is 142 cm³/mol. The van der Waals surface area contributed by atoms with Crippen molar-refractivity contribution in [3.05, 3.63) is 96.8 Å². The fourth-order valence-electron chi connectivity index (χ4n) is 3.94. The van der Waals surface area contributed by atoms with Crippen molar-refractivity contribution in [2.24, 2.45) is 20.5 Å². The maximum Gasteiger partial charge on any atom is 0.235 e. The van der Waals surface area contributed by atoms with Crippen molar-refractivity contribution in [1.29, 1.82) is 0 Å². The van der Waals surface area contributed by atoms with Gasteiger partial charge in [-0.25, -0.2) is 28.4 Å². The number of rotatable bonds is 6. The second kappa shape index (κ2) is 9.61. The molecule has 0 amide bonds. The molecule has 0 aliphatic rings. The van der Waals surface area contributed by atoms with Crippen LogP contribution in [0.3, 0.4) is 0 Å². The van der Waals surface area contributed by atoms with Crippen molar-refractivity contribution in [2.75, 3.05) is 0 Å². The van der Waals surface area contributed by atoms with E-state index in [1.54, 1.807) is 70.0 Å². The van der Waals surface area contributed by atoms with Crippen LogP contribution in [0.25, 0.3) is 11.6 Å². The Labute approximate surface area is 222 Å². The van der Waals surface area contributed by atoms with Crippen LogP contribution < -0.4 is 0 Å². The summed E-state index contributed by atoms with van der Waals surface area (Å²) in [5, 5.41) is 17.1. The summed E-state index contributed by atoms with van der Waals surface area (Å²) in [4.78, 5) is 17.4. The van der Waals surface area contributed by atoms with Gasteiger partial charge in [-0.05, 0) is 74.5 Å². The van der Waals surface area contributed by atoms with Gasteiger partial charge in [0, 0.05) is 24.8 Å². The first-order chi connectivity index (χ1) is 18.9. The van der Waals surface area contributed by atoms with Crippen molar-refractivity contribution in [3.8, 4) is 0 Å². The lowest BCUT2D eigenvalue weighted by molar-refractivity contribution is 0.596. The van der Waals surface area contributed by atoms with Crippen molar-refractivity contribution in [2.45, 2.75) is 23.6 Å². The van der Waals surface area contributed by atoms with Crippen LogP contribution in [0, 0.1) is 13.8 Å². The molecule has 0 saturated heterocycles. The number of sulfone groups is 1. The zero-order valence-corrected chi connectivity index (χ0v) is 21.6. The Bertz CT molecular complexity index is 1850. The van der Waals surface area contributed by atoms with Crippen LogP contribution >= 0.6 is 0 Å². The average molecular weight is 537 g/mol. The minimum absolute atomic E-state index is 0.139. The van der Waals surface area contributed by atoms with Crippen LogP contribution in [0.2, 0.25) is 0 Å². The summed E-state index contributed by atoms with van der Waals surface area (Å²) >= 11 is 0. The summed E-state index contributed by atoms with van der Waals surface area (Å²) in [6.07, 6.45) is 6.91.